The number of hydrogen-bond acceptors (Lipinski definition) is 5. The van der Waals surface area contributed by atoms with Crippen LogP contribution in [0.15, 0.2) is 48.8 Å². The normalized spacial score (nSPS) is 18.5. The first-order valence-electron chi connectivity index (χ1n) is 12.5. The van der Waals surface area contributed by atoms with E-state index in [4.69, 9.17) is 21.1 Å². The number of H-pyrrole nitrogens is 1. The molecule has 2 aromatic heterocycles. The molecule has 4 aromatic rings. The molecule has 7 nitrogen and oxygen atoms in total. The highest BCUT2D eigenvalue weighted by atomic mass is 79.9. The highest BCUT2D eigenvalue weighted by molar-refractivity contribution is 8.93. The molecule has 0 spiro atoms. The Morgan fingerprint density at radius 1 is 1.24 bits per heavy atom. The SMILES string of the molecule is Br.Br.CCN1CC[C@@H]1Cn1cc(C(=O)[C@@H]2COc3ccc(OC)cc3C2)c2ccc(-c3cn[nH]c3Cl)cc21. The van der Waals surface area contributed by atoms with E-state index >= 15 is 0 Å². The van der Waals surface area contributed by atoms with E-state index in [1.807, 2.05) is 36.5 Å². The second-order valence-electron chi connectivity index (χ2n) is 9.65. The number of carbonyl (C=O) groups excluding carboxylic acids is 1. The van der Waals surface area contributed by atoms with E-state index < -0.39 is 0 Å². The minimum atomic E-state index is -0.248. The number of fused-ring (bicyclic) bond motifs is 2. The first-order valence-corrected chi connectivity index (χ1v) is 12.8. The smallest absolute Gasteiger partial charge is 0.171 e. The lowest BCUT2D eigenvalue weighted by Gasteiger charge is -2.40. The third-order valence-electron chi connectivity index (χ3n) is 7.68. The standard InChI is InChI=1S/C28H29ClN4O3.2BrH/c1-3-32-9-8-20(32)14-33-15-24(22-6-4-17(12-25(22)33)23-13-30-31-28(23)29)27(34)19-10-18-11-21(35-2)5-7-26(18)36-16-19;;/h4-7,11-13,15,19-20H,3,8-10,14,16H2,1-2H3,(H,30,31);2*1H/t19-,20+;;/m0../s1. The summed E-state index contributed by atoms with van der Waals surface area (Å²) in [4.78, 5) is 16.4. The molecule has 2 aromatic carbocycles. The van der Waals surface area contributed by atoms with Crippen molar-refractivity contribution in [2.75, 3.05) is 26.8 Å². The van der Waals surface area contributed by atoms with Crippen LogP contribution in [0.2, 0.25) is 5.15 Å². The zero-order valence-electron chi connectivity index (χ0n) is 21.3. The average molecular weight is 667 g/mol. The van der Waals surface area contributed by atoms with Gasteiger partial charge >= 0.3 is 0 Å². The van der Waals surface area contributed by atoms with Gasteiger partial charge in [-0.25, -0.2) is 0 Å². The van der Waals surface area contributed by atoms with Gasteiger partial charge in [0, 0.05) is 47.4 Å². The van der Waals surface area contributed by atoms with Crippen molar-refractivity contribution in [3.63, 3.8) is 0 Å². The maximum Gasteiger partial charge on any atom is 0.171 e. The predicted octanol–water partition coefficient (Wildman–Crippen LogP) is 6.38. The van der Waals surface area contributed by atoms with Crippen LogP contribution in [-0.4, -0.2) is 58.3 Å². The molecule has 0 amide bonds. The van der Waals surface area contributed by atoms with Crippen molar-refractivity contribution < 1.29 is 14.3 Å². The summed E-state index contributed by atoms with van der Waals surface area (Å²) in [6.07, 6.45) is 5.58. The molecule has 2 aliphatic heterocycles. The van der Waals surface area contributed by atoms with Gasteiger partial charge in [0.2, 0.25) is 0 Å². The molecule has 10 heteroatoms. The van der Waals surface area contributed by atoms with E-state index in [0.29, 0.717) is 24.2 Å². The van der Waals surface area contributed by atoms with Gasteiger partial charge in [0.15, 0.2) is 5.78 Å². The van der Waals surface area contributed by atoms with Crippen LogP contribution in [0, 0.1) is 5.92 Å². The highest BCUT2D eigenvalue weighted by Gasteiger charge is 2.31. The number of carbonyl (C=O) groups is 1. The van der Waals surface area contributed by atoms with Gasteiger partial charge in [-0.3, -0.25) is 14.8 Å². The summed E-state index contributed by atoms with van der Waals surface area (Å²) in [6.45, 7) is 5.59. The van der Waals surface area contributed by atoms with Crippen LogP contribution < -0.4 is 9.47 Å². The molecule has 0 unspecified atom stereocenters. The Bertz CT molecular complexity index is 1450. The third-order valence-corrected chi connectivity index (χ3v) is 7.96. The van der Waals surface area contributed by atoms with Crippen LogP contribution in [-0.2, 0) is 13.0 Å². The van der Waals surface area contributed by atoms with E-state index in [1.165, 1.54) is 6.42 Å². The summed E-state index contributed by atoms with van der Waals surface area (Å²) in [5.41, 5.74) is 4.62. The fraction of sp³-hybridized carbons (Fsp3) is 0.357. The van der Waals surface area contributed by atoms with Crippen molar-refractivity contribution >= 4 is 62.3 Å². The van der Waals surface area contributed by atoms with E-state index in [0.717, 1.165) is 64.3 Å². The number of aromatic amines is 1. The third kappa shape index (κ3) is 5.13. The number of ether oxygens (including phenoxy) is 2. The van der Waals surface area contributed by atoms with Gasteiger partial charge in [-0.2, -0.15) is 5.10 Å². The fourth-order valence-electron chi connectivity index (χ4n) is 5.51. The fourth-order valence-corrected chi connectivity index (χ4v) is 5.72. The average Bonchev–Trinajstić information content (AvgIpc) is 3.48. The maximum absolute atomic E-state index is 13.9. The predicted molar refractivity (Wildman–Crippen MR) is 161 cm³/mol. The van der Waals surface area contributed by atoms with Crippen molar-refractivity contribution in [3.8, 4) is 22.6 Å². The zero-order chi connectivity index (χ0) is 24.8. The number of methoxy groups -OCH3 is 1. The number of nitrogens with zero attached hydrogens (tertiary/aromatic N) is 3. The lowest BCUT2D eigenvalue weighted by Crippen LogP contribution is -2.49. The first kappa shape index (κ1) is 28.7. The minimum absolute atomic E-state index is 0. The Kier molecular flexibility index (Phi) is 8.92. The Labute approximate surface area is 248 Å². The van der Waals surface area contributed by atoms with Crippen molar-refractivity contribution in [2.24, 2.45) is 5.92 Å². The van der Waals surface area contributed by atoms with Crippen LogP contribution in [0.1, 0.15) is 29.3 Å². The van der Waals surface area contributed by atoms with Crippen LogP contribution in [0.5, 0.6) is 11.5 Å². The number of ketones is 1. The van der Waals surface area contributed by atoms with E-state index in [1.54, 1.807) is 13.3 Å². The quantitative estimate of drug-likeness (QED) is 0.232. The summed E-state index contributed by atoms with van der Waals surface area (Å²) in [5, 5.41) is 8.34. The lowest BCUT2D eigenvalue weighted by molar-refractivity contribution is 0.0836. The Balaban J connectivity index is 0.00000168. The van der Waals surface area contributed by atoms with Gasteiger partial charge in [0.05, 0.1) is 25.8 Å². The minimum Gasteiger partial charge on any atom is -0.497 e. The number of halogens is 3. The van der Waals surface area contributed by atoms with E-state index in [2.05, 4.69) is 32.7 Å². The number of likely N-dealkylation sites (tertiary alicyclic amines) is 1. The van der Waals surface area contributed by atoms with Crippen molar-refractivity contribution in [3.05, 3.63) is 65.1 Å². The number of benzene rings is 2. The largest absolute Gasteiger partial charge is 0.497 e. The van der Waals surface area contributed by atoms with Crippen molar-refractivity contribution in [1.29, 1.82) is 0 Å². The molecule has 0 saturated carbocycles. The number of likely N-dealkylation sites (N-methyl/N-ethyl adjacent to an activating group) is 1. The Morgan fingerprint density at radius 2 is 2.08 bits per heavy atom. The molecule has 6 rings (SSSR count). The van der Waals surface area contributed by atoms with Crippen molar-refractivity contribution in [1.82, 2.24) is 19.7 Å². The van der Waals surface area contributed by atoms with Crippen molar-refractivity contribution in [2.45, 2.75) is 32.4 Å². The molecule has 0 aliphatic carbocycles. The van der Waals surface area contributed by atoms with E-state index in [-0.39, 0.29) is 45.7 Å². The molecule has 38 heavy (non-hydrogen) atoms. The Morgan fingerprint density at radius 3 is 2.76 bits per heavy atom. The van der Waals surface area contributed by atoms with Gasteiger partial charge in [0.1, 0.15) is 16.7 Å². The number of rotatable bonds is 7. The molecule has 1 saturated heterocycles. The van der Waals surface area contributed by atoms with Crippen LogP contribution in [0.25, 0.3) is 22.0 Å². The summed E-state index contributed by atoms with van der Waals surface area (Å²) < 4.78 is 13.6. The summed E-state index contributed by atoms with van der Waals surface area (Å²) in [7, 11) is 1.65. The summed E-state index contributed by atoms with van der Waals surface area (Å²) >= 11 is 6.33. The molecule has 4 heterocycles. The second kappa shape index (κ2) is 11.8. The maximum atomic E-state index is 13.9. The lowest BCUT2D eigenvalue weighted by atomic mass is 9.89. The highest BCUT2D eigenvalue weighted by Crippen LogP contribution is 2.36. The molecule has 202 valence electrons. The molecule has 2 aliphatic rings. The Hall–Kier alpha value is -2.33. The first-order chi connectivity index (χ1) is 17.6. The van der Waals surface area contributed by atoms with E-state index in [9.17, 15) is 4.79 Å². The van der Waals surface area contributed by atoms with Gasteiger partial charge in [-0.15, -0.1) is 34.0 Å². The molecule has 2 atom stereocenters. The molecule has 0 bridgehead atoms. The van der Waals surface area contributed by atoms with Crippen LogP contribution in [0.3, 0.4) is 0 Å². The monoisotopic (exact) mass is 664 g/mol. The summed E-state index contributed by atoms with van der Waals surface area (Å²) in [6, 6.07) is 12.4. The molecular weight excluding hydrogens is 636 g/mol. The number of aromatic nitrogens is 3. The summed E-state index contributed by atoms with van der Waals surface area (Å²) in [5.74, 6) is 1.46. The topological polar surface area (TPSA) is 72.4 Å². The molecular formula is C28H31Br2ClN4O3. The number of hydrogen-bond donors (Lipinski definition) is 1. The zero-order valence-corrected chi connectivity index (χ0v) is 25.5. The molecule has 1 fully saturated rings. The number of nitrogens with one attached hydrogen (secondary N) is 1. The molecule has 0 radical (unpaired) electrons. The van der Waals surface area contributed by atoms with Gasteiger partial charge in [-0.1, -0.05) is 30.7 Å². The van der Waals surface area contributed by atoms with Crippen LogP contribution in [0.4, 0.5) is 0 Å². The second-order valence-corrected chi connectivity index (χ2v) is 10.0. The number of Topliss-reactive ketones (excluding diaryl/α,β-unsaturated/α-hetero) is 1. The van der Waals surface area contributed by atoms with Crippen LogP contribution >= 0.6 is 45.6 Å². The van der Waals surface area contributed by atoms with Gasteiger partial charge in [0.25, 0.3) is 0 Å². The van der Waals surface area contributed by atoms with Gasteiger partial charge in [-0.05, 0) is 54.8 Å². The molecule has 1 N–H and O–H groups in total. The van der Waals surface area contributed by atoms with Gasteiger partial charge < -0.3 is 14.0 Å².